The van der Waals surface area contributed by atoms with Crippen molar-refractivity contribution in [3.63, 3.8) is 0 Å². The number of furan rings is 1. The lowest BCUT2D eigenvalue weighted by molar-refractivity contribution is 0.0991. The van der Waals surface area contributed by atoms with Crippen LogP contribution in [0.1, 0.15) is 53.6 Å². The topological polar surface area (TPSA) is 82.2 Å². The van der Waals surface area contributed by atoms with Crippen LogP contribution in [0.3, 0.4) is 0 Å². The van der Waals surface area contributed by atoms with Crippen molar-refractivity contribution in [3.8, 4) is 5.75 Å². The highest BCUT2D eigenvalue weighted by Gasteiger charge is 2.15. The molecule has 34 heavy (non-hydrogen) atoms. The summed E-state index contributed by atoms with van der Waals surface area (Å²) in [6, 6.07) is 15.6. The van der Waals surface area contributed by atoms with E-state index in [1.54, 1.807) is 18.2 Å². The third-order valence-corrected chi connectivity index (χ3v) is 5.83. The van der Waals surface area contributed by atoms with Gasteiger partial charge in [0.05, 0.1) is 6.54 Å². The van der Waals surface area contributed by atoms with Crippen molar-refractivity contribution in [3.05, 3.63) is 94.4 Å². The third-order valence-electron chi connectivity index (χ3n) is 5.47. The molecule has 2 aromatic carbocycles. The maximum Gasteiger partial charge on any atom is 0.293 e. The zero-order chi connectivity index (χ0) is 24.1. The first-order chi connectivity index (χ1) is 16.4. The number of anilines is 1. The highest BCUT2D eigenvalue weighted by molar-refractivity contribution is 6.31. The van der Waals surface area contributed by atoms with E-state index in [0.717, 1.165) is 12.2 Å². The lowest BCUT2D eigenvalue weighted by atomic mass is 9.99. The van der Waals surface area contributed by atoms with Crippen LogP contribution in [0, 0.1) is 5.82 Å². The number of nitrogens with one attached hydrogen (secondary N) is 1. The molecule has 0 saturated heterocycles. The second-order valence-corrected chi connectivity index (χ2v) is 8.26. The first-order valence-electron chi connectivity index (χ1n) is 10.9. The molecule has 0 aliphatic rings. The summed E-state index contributed by atoms with van der Waals surface area (Å²) in [5, 5.41) is 6.99. The number of amides is 1. The lowest BCUT2D eigenvalue weighted by Gasteiger charge is -2.10. The average molecular weight is 483 g/mol. The van der Waals surface area contributed by atoms with Gasteiger partial charge in [-0.15, -0.1) is 5.10 Å². The SMILES string of the molecule is CCC(C)c1ccc(OCc2ccc(C(=O)Nc3ncn(Cc4c(F)cccc4Cl)n3)o2)cc1. The van der Waals surface area contributed by atoms with Gasteiger partial charge in [-0.25, -0.2) is 14.1 Å². The summed E-state index contributed by atoms with van der Waals surface area (Å²) in [6.07, 6.45) is 2.46. The Morgan fingerprint density at radius 3 is 2.74 bits per heavy atom. The number of aromatic nitrogens is 3. The molecule has 2 aromatic heterocycles. The molecule has 4 aromatic rings. The molecule has 176 valence electrons. The summed E-state index contributed by atoms with van der Waals surface area (Å²) in [7, 11) is 0. The molecule has 2 heterocycles. The van der Waals surface area contributed by atoms with Crippen molar-refractivity contribution in [2.24, 2.45) is 0 Å². The van der Waals surface area contributed by atoms with Gasteiger partial charge in [0.25, 0.3) is 5.91 Å². The predicted octanol–water partition coefficient (Wildman–Crippen LogP) is 6.06. The Hall–Kier alpha value is -3.65. The van der Waals surface area contributed by atoms with Gasteiger partial charge >= 0.3 is 0 Å². The van der Waals surface area contributed by atoms with Crippen molar-refractivity contribution in [1.82, 2.24) is 14.8 Å². The molecule has 0 spiro atoms. The van der Waals surface area contributed by atoms with E-state index in [1.807, 2.05) is 12.1 Å². The number of ether oxygens (including phenoxy) is 1. The largest absolute Gasteiger partial charge is 0.486 e. The normalized spacial score (nSPS) is 11.9. The Balaban J connectivity index is 1.32. The van der Waals surface area contributed by atoms with Crippen molar-refractivity contribution >= 4 is 23.5 Å². The smallest absolute Gasteiger partial charge is 0.293 e. The zero-order valence-electron chi connectivity index (χ0n) is 18.8. The molecule has 0 saturated carbocycles. The molecule has 0 bridgehead atoms. The second kappa shape index (κ2) is 10.5. The van der Waals surface area contributed by atoms with Gasteiger partial charge in [-0.1, -0.05) is 43.6 Å². The molecular weight excluding hydrogens is 459 g/mol. The van der Waals surface area contributed by atoms with Crippen LogP contribution in [-0.4, -0.2) is 20.7 Å². The quantitative estimate of drug-likeness (QED) is 0.313. The van der Waals surface area contributed by atoms with Crippen molar-refractivity contribution in [1.29, 1.82) is 0 Å². The van der Waals surface area contributed by atoms with E-state index >= 15 is 0 Å². The van der Waals surface area contributed by atoms with E-state index in [-0.39, 0.29) is 35.4 Å². The molecule has 7 nitrogen and oxygen atoms in total. The van der Waals surface area contributed by atoms with Gasteiger partial charge in [0.15, 0.2) is 5.76 Å². The molecule has 1 unspecified atom stereocenters. The molecule has 0 fully saturated rings. The van der Waals surface area contributed by atoms with Gasteiger partial charge in [-0.05, 0) is 54.3 Å². The third kappa shape index (κ3) is 5.63. The van der Waals surface area contributed by atoms with Crippen molar-refractivity contribution in [2.45, 2.75) is 39.3 Å². The molecule has 9 heteroatoms. The summed E-state index contributed by atoms with van der Waals surface area (Å²) in [5.74, 6) is 0.935. The predicted molar refractivity (Wildman–Crippen MR) is 127 cm³/mol. The van der Waals surface area contributed by atoms with Gasteiger partial charge in [-0.2, -0.15) is 0 Å². The van der Waals surface area contributed by atoms with Gasteiger partial charge < -0.3 is 9.15 Å². The second-order valence-electron chi connectivity index (χ2n) is 7.85. The fraction of sp³-hybridized carbons (Fsp3) is 0.240. The number of rotatable bonds is 9. The van der Waals surface area contributed by atoms with Crippen LogP contribution in [0.5, 0.6) is 5.75 Å². The Labute approximate surface area is 201 Å². The number of carbonyl (C=O) groups is 1. The molecule has 1 N–H and O–H groups in total. The fourth-order valence-corrected chi connectivity index (χ4v) is 3.52. The Kier molecular flexibility index (Phi) is 7.27. The summed E-state index contributed by atoms with van der Waals surface area (Å²) >= 11 is 6.05. The first kappa shape index (κ1) is 23.5. The summed E-state index contributed by atoms with van der Waals surface area (Å²) in [5.41, 5.74) is 1.55. The minimum Gasteiger partial charge on any atom is -0.486 e. The van der Waals surface area contributed by atoms with Crippen LogP contribution in [-0.2, 0) is 13.2 Å². The maximum atomic E-state index is 14.0. The van der Waals surface area contributed by atoms with Crippen LogP contribution in [0.2, 0.25) is 5.02 Å². The standard InChI is InChI=1S/C25H24ClFN4O3/c1-3-16(2)17-7-9-18(10-8-17)33-14-19-11-12-23(34-19)24(32)29-25-28-15-31(30-25)13-20-21(26)5-4-6-22(20)27/h4-12,15-16H,3,13-14H2,1-2H3,(H,29,30,32). The Morgan fingerprint density at radius 2 is 2.00 bits per heavy atom. The summed E-state index contributed by atoms with van der Waals surface area (Å²) < 4.78 is 26.7. The van der Waals surface area contributed by atoms with E-state index in [0.29, 0.717) is 11.7 Å². The maximum absolute atomic E-state index is 14.0. The van der Waals surface area contributed by atoms with Crippen LogP contribution >= 0.6 is 11.6 Å². The van der Waals surface area contributed by atoms with Crippen LogP contribution in [0.4, 0.5) is 10.3 Å². The minimum absolute atomic E-state index is 0.0630. The van der Waals surface area contributed by atoms with Gasteiger partial charge in [0, 0.05) is 10.6 Å². The monoisotopic (exact) mass is 482 g/mol. The summed E-state index contributed by atoms with van der Waals surface area (Å²) in [4.78, 5) is 16.5. The van der Waals surface area contributed by atoms with E-state index in [4.69, 9.17) is 20.8 Å². The van der Waals surface area contributed by atoms with Gasteiger partial charge in [0.1, 0.15) is 30.3 Å². The number of hydrogen-bond donors (Lipinski definition) is 1. The zero-order valence-corrected chi connectivity index (χ0v) is 19.6. The highest BCUT2D eigenvalue weighted by atomic mass is 35.5. The van der Waals surface area contributed by atoms with E-state index in [2.05, 4.69) is 41.4 Å². The van der Waals surface area contributed by atoms with E-state index < -0.39 is 11.7 Å². The average Bonchev–Trinajstić information content (AvgIpc) is 3.49. The molecular formula is C25H24ClFN4O3. The molecule has 0 radical (unpaired) electrons. The van der Waals surface area contributed by atoms with Crippen molar-refractivity contribution in [2.75, 3.05) is 5.32 Å². The molecule has 1 amide bonds. The Morgan fingerprint density at radius 1 is 1.21 bits per heavy atom. The van der Waals surface area contributed by atoms with Crippen LogP contribution in [0.15, 0.2) is 65.3 Å². The fourth-order valence-electron chi connectivity index (χ4n) is 3.30. The number of benzene rings is 2. The van der Waals surface area contributed by atoms with Crippen molar-refractivity contribution < 1.29 is 18.3 Å². The number of halogens is 2. The molecule has 4 rings (SSSR count). The molecule has 1 atom stereocenters. The van der Waals surface area contributed by atoms with Gasteiger partial charge in [-0.3, -0.25) is 10.1 Å². The number of carbonyl (C=O) groups excluding carboxylic acids is 1. The van der Waals surface area contributed by atoms with E-state index in [9.17, 15) is 9.18 Å². The number of hydrogen-bond acceptors (Lipinski definition) is 5. The van der Waals surface area contributed by atoms with Gasteiger partial charge in [0.2, 0.25) is 5.95 Å². The Bertz CT molecular complexity index is 1250. The van der Waals surface area contributed by atoms with Crippen LogP contribution in [0.25, 0.3) is 0 Å². The highest BCUT2D eigenvalue weighted by Crippen LogP contribution is 2.23. The lowest BCUT2D eigenvalue weighted by Crippen LogP contribution is -2.13. The van der Waals surface area contributed by atoms with Crippen LogP contribution < -0.4 is 10.1 Å². The first-order valence-corrected chi connectivity index (χ1v) is 11.3. The minimum atomic E-state index is -0.508. The number of nitrogens with zero attached hydrogens (tertiary/aromatic N) is 3. The molecule has 0 aliphatic carbocycles. The van der Waals surface area contributed by atoms with E-state index in [1.165, 1.54) is 28.7 Å². The molecule has 0 aliphatic heterocycles. The summed E-state index contributed by atoms with van der Waals surface area (Å²) in [6.45, 7) is 4.61.